The molecule has 0 aliphatic carbocycles. The van der Waals surface area contributed by atoms with E-state index in [0.717, 1.165) is 16.8 Å². The zero-order valence-electron chi connectivity index (χ0n) is 8.47. The molecule has 0 unspecified atom stereocenters. The molecule has 2 rings (SSSR count). The van der Waals surface area contributed by atoms with Crippen LogP contribution in [0.25, 0.3) is 11.6 Å². The van der Waals surface area contributed by atoms with Crippen molar-refractivity contribution in [2.45, 2.75) is 6.92 Å². The number of benzene rings is 1. The summed E-state index contributed by atoms with van der Waals surface area (Å²) < 4.78 is 4.81. The van der Waals surface area contributed by atoms with Crippen LogP contribution in [-0.2, 0) is 0 Å². The molecule has 76 valence electrons. The van der Waals surface area contributed by atoms with Crippen molar-refractivity contribution < 1.29 is 4.52 Å². The highest BCUT2D eigenvalue weighted by molar-refractivity contribution is 5.78. The molecule has 1 aromatic heterocycles. The van der Waals surface area contributed by atoms with Crippen LogP contribution < -0.4 is 5.73 Å². The van der Waals surface area contributed by atoms with Gasteiger partial charge in [0.2, 0.25) is 5.88 Å². The number of hydrogen-bond acceptors (Lipinski definition) is 3. The Bertz CT molecular complexity index is 471. The average molecular weight is 200 g/mol. The van der Waals surface area contributed by atoms with Crippen molar-refractivity contribution in [1.82, 2.24) is 5.16 Å². The molecular formula is C12H12N2O. The van der Waals surface area contributed by atoms with Gasteiger partial charge >= 0.3 is 0 Å². The molecule has 3 heteroatoms. The number of anilines is 1. The molecule has 0 fully saturated rings. The Hall–Kier alpha value is -2.03. The molecule has 2 aromatic rings. The first-order chi connectivity index (χ1) is 7.25. The van der Waals surface area contributed by atoms with Gasteiger partial charge in [-0.25, -0.2) is 0 Å². The first-order valence-electron chi connectivity index (χ1n) is 4.71. The van der Waals surface area contributed by atoms with E-state index in [4.69, 9.17) is 10.3 Å². The maximum absolute atomic E-state index is 5.45. The Morgan fingerprint density at radius 3 is 2.67 bits per heavy atom. The van der Waals surface area contributed by atoms with E-state index in [9.17, 15) is 0 Å². The molecule has 0 radical (unpaired) electrons. The Balaban J connectivity index is 2.28. The minimum Gasteiger partial charge on any atom is -0.368 e. The Kier molecular flexibility index (Phi) is 2.54. The van der Waals surface area contributed by atoms with Gasteiger partial charge in [0, 0.05) is 6.07 Å². The van der Waals surface area contributed by atoms with Crippen LogP contribution in [0, 0.1) is 0 Å². The van der Waals surface area contributed by atoms with Crippen LogP contribution in [0.2, 0.25) is 0 Å². The molecule has 0 aliphatic rings. The molecule has 0 amide bonds. The van der Waals surface area contributed by atoms with E-state index in [0.29, 0.717) is 5.88 Å². The van der Waals surface area contributed by atoms with Crippen LogP contribution in [-0.4, -0.2) is 5.16 Å². The van der Waals surface area contributed by atoms with Gasteiger partial charge in [-0.1, -0.05) is 35.5 Å². The van der Waals surface area contributed by atoms with Gasteiger partial charge in [-0.2, -0.15) is 0 Å². The van der Waals surface area contributed by atoms with Crippen LogP contribution in [0.3, 0.4) is 0 Å². The van der Waals surface area contributed by atoms with Gasteiger partial charge in [-0.3, -0.25) is 0 Å². The zero-order valence-corrected chi connectivity index (χ0v) is 8.47. The second-order valence-corrected chi connectivity index (χ2v) is 3.35. The molecule has 2 N–H and O–H groups in total. The highest BCUT2D eigenvalue weighted by Gasteiger charge is 2.02. The quantitative estimate of drug-likeness (QED) is 0.810. The third-order valence-electron chi connectivity index (χ3n) is 2.12. The van der Waals surface area contributed by atoms with E-state index >= 15 is 0 Å². The summed E-state index contributed by atoms with van der Waals surface area (Å²) in [5.41, 5.74) is 8.39. The first-order valence-corrected chi connectivity index (χ1v) is 4.71. The normalized spacial score (nSPS) is 11.7. The van der Waals surface area contributed by atoms with Gasteiger partial charge in [-0.05, 0) is 24.1 Å². The van der Waals surface area contributed by atoms with Crippen molar-refractivity contribution in [3.8, 4) is 0 Å². The molecule has 0 saturated heterocycles. The number of hydrogen-bond donors (Lipinski definition) is 1. The van der Waals surface area contributed by atoms with Crippen molar-refractivity contribution in [3.63, 3.8) is 0 Å². The van der Waals surface area contributed by atoms with Crippen LogP contribution >= 0.6 is 0 Å². The lowest BCUT2D eigenvalue weighted by Crippen LogP contribution is -1.79. The number of rotatable bonds is 2. The number of allylic oxidation sites excluding steroid dienone is 1. The largest absolute Gasteiger partial charge is 0.368 e. The van der Waals surface area contributed by atoms with Crippen molar-refractivity contribution in [3.05, 3.63) is 47.7 Å². The second kappa shape index (κ2) is 4.00. The highest BCUT2D eigenvalue weighted by atomic mass is 16.5. The summed E-state index contributed by atoms with van der Waals surface area (Å²) in [6, 6.07) is 11.8. The van der Waals surface area contributed by atoms with E-state index < -0.39 is 0 Å². The fraction of sp³-hybridized carbons (Fsp3) is 0.0833. The fourth-order valence-electron chi connectivity index (χ4n) is 1.35. The molecule has 0 spiro atoms. The zero-order chi connectivity index (χ0) is 10.7. The molecule has 0 aliphatic heterocycles. The smallest absolute Gasteiger partial charge is 0.222 e. The topological polar surface area (TPSA) is 52.0 Å². The van der Waals surface area contributed by atoms with Gasteiger partial charge in [-0.15, -0.1) is 0 Å². The van der Waals surface area contributed by atoms with Crippen LogP contribution in [0.5, 0.6) is 0 Å². The van der Waals surface area contributed by atoms with E-state index in [1.54, 1.807) is 6.07 Å². The van der Waals surface area contributed by atoms with Crippen LogP contribution in [0.4, 0.5) is 5.88 Å². The molecule has 1 aromatic carbocycles. The highest BCUT2D eigenvalue weighted by Crippen LogP contribution is 2.18. The lowest BCUT2D eigenvalue weighted by Gasteiger charge is -1.95. The van der Waals surface area contributed by atoms with Crippen molar-refractivity contribution in [1.29, 1.82) is 0 Å². The third kappa shape index (κ3) is 2.26. The predicted molar refractivity (Wildman–Crippen MR) is 60.9 cm³/mol. The van der Waals surface area contributed by atoms with Crippen molar-refractivity contribution in [2.24, 2.45) is 0 Å². The molecule has 3 nitrogen and oxygen atoms in total. The summed E-state index contributed by atoms with van der Waals surface area (Å²) >= 11 is 0. The lowest BCUT2D eigenvalue weighted by atomic mass is 10.1. The summed E-state index contributed by atoms with van der Waals surface area (Å²) in [6.45, 7) is 1.98. The fourth-order valence-corrected chi connectivity index (χ4v) is 1.35. The Morgan fingerprint density at radius 1 is 1.33 bits per heavy atom. The number of nitrogens with two attached hydrogens (primary N) is 1. The standard InChI is InChI=1S/C12H12N2O/c1-9(11-8-12(13)15-14-11)7-10-5-3-2-4-6-10/h2-8H,13H2,1H3/b9-7-. The molecule has 0 atom stereocenters. The van der Waals surface area contributed by atoms with Gasteiger partial charge in [0.25, 0.3) is 0 Å². The van der Waals surface area contributed by atoms with Gasteiger partial charge in [0.1, 0.15) is 5.69 Å². The minimum atomic E-state index is 0.339. The lowest BCUT2D eigenvalue weighted by molar-refractivity contribution is 0.434. The maximum Gasteiger partial charge on any atom is 0.222 e. The number of nitrogen functional groups attached to an aromatic ring is 1. The molecule has 1 heterocycles. The van der Waals surface area contributed by atoms with E-state index in [-0.39, 0.29) is 0 Å². The second-order valence-electron chi connectivity index (χ2n) is 3.35. The number of nitrogens with zero attached hydrogens (tertiary/aromatic N) is 1. The Labute approximate surface area is 88.2 Å². The summed E-state index contributed by atoms with van der Waals surface area (Å²) in [5.74, 6) is 0.339. The van der Waals surface area contributed by atoms with E-state index in [1.165, 1.54) is 0 Å². The third-order valence-corrected chi connectivity index (χ3v) is 2.12. The average Bonchev–Trinajstić information content (AvgIpc) is 2.66. The van der Waals surface area contributed by atoms with Gasteiger partial charge < -0.3 is 10.3 Å². The number of aromatic nitrogens is 1. The monoisotopic (exact) mass is 200 g/mol. The molecule has 0 saturated carbocycles. The Morgan fingerprint density at radius 2 is 2.07 bits per heavy atom. The summed E-state index contributed by atoms with van der Waals surface area (Å²) in [7, 11) is 0. The molecule has 0 bridgehead atoms. The van der Waals surface area contributed by atoms with E-state index in [1.807, 2.05) is 43.3 Å². The van der Waals surface area contributed by atoms with E-state index in [2.05, 4.69) is 5.16 Å². The SMILES string of the molecule is C/C(=C/c1ccccc1)c1cc(N)on1. The van der Waals surface area contributed by atoms with Crippen molar-refractivity contribution >= 4 is 17.5 Å². The van der Waals surface area contributed by atoms with Crippen LogP contribution in [0.1, 0.15) is 18.2 Å². The van der Waals surface area contributed by atoms with Crippen LogP contribution in [0.15, 0.2) is 40.9 Å². The van der Waals surface area contributed by atoms with Gasteiger partial charge in [0.05, 0.1) is 0 Å². The van der Waals surface area contributed by atoms with Crippen molar-refractivity contribution in [2.75, 3.05) is 5.73 Å². The molecule has 15 heavy (non-hydrogen) atoms. The maximum atomic E-state index is 5.45. The minimum absolute atomic E-state index is 0.339. The summed E-state index contributed by atoms with van der Waals surface area (Å²) in [4.78, 5) is 0. The first kappa shape index (κ1) is 9.52. The molecular weight excluding hydrogens is 188 g/mol. The predicted octanol–water partition coefficient (Wildman–Crippen LogP) is 2.82. The summed E-state index contributed by atoms with van der Waals surface area (Å²) in [6.07, 6.45) is 2.04. The summed E-state index contributed by atoms with van der Waals surface area (Å²) in [5, 5.41) is 3.84. The van der Waals surface area contributed by atoms with Gasteiger partial charge in [0.15, 0.2) is 0 Å².